The third-order valence-electron chi connectivity index (χ3n) is 14.3. The van der Waals surface area contributed by atoms with Gasteiger partial charge in [0.05, 0.1) is 9.79 Å². The number of rotatable bonds is 6. The van der Waals surface area contributed by atoms with E-state index in [0.29, 0.717) is 22.6 Å². The van der Waals surface area contributed by atoms with E-state index < -0.39 is 9.84 Å². The third kappa shape index (κ3) is 6.96. The van der Waals surface area contributed by atoms with Crippen molar-refractivity contribution in [3.8, 4) is 0 Å². The largest absolute Gasteiger partial charge is 0.218 e. The van der Waals surface area contributed by atoms with E-state index in [-0.39, 0.29) is 21.7 Å². The molecule has 3 heteroatoms. The highest BCUT2D eigenvalue weighted by Crippen LogP contribution is 2.48. The van der Waals surface area contributed by atoms with E-state index in [1.165, 1.54) is 81.3 Å². The van der Waals surface area contributed by atoms with Crippen LogP contribution in [0.2, 0.25) is 0 Å². The first kappa shape index (κ1) is 39.6. The first-order valence-electron chi connectivity index (χ1n) is 21.5. The number of benzene rings is 4. The highest BCUT2D eigenvalue weighted by atomic mass is 32.2. The van der Waals surface area contributed by atoms with Crippen molar-refractivity contribution in [2.45, 2.75) is 152 Å². The first-order chi connectivity index (χ1) is 26.8. The Morgan fingerprint density at radius 3 is 1.23 bits per heavy atom. The minimum atomic E-state index is -3.77. The summed E-state index contributed by atoms with van der Waals surface area (Å²) in [6.45, 7) is 23.2. The van der Waals surface area contributed by atoms with Gasteiger partial charge in [0.2, 0.25) is 9.84 Å². The maximum atomic E-state index is 14.7. The summed E-state index contributed by atoms with van der Waals surface area (Å²) in [4.78, 5) is 0.878. The maximum Gasteiger partial charge on any atom is 0.207 e. The lowest BCUT2D eigenvalue weighted by atomic mass is 9.63. The number of hydrogen-bond donors (Lipinski definition) is 0. The van der Waals surface area contributed by atoms with Crippen LogP contribution in [0, 0.1) is 0 Å². The van der Waals surface area contributed by atoms with E-state index in [4.69, 9.17) is 0 Å². The SMILES string of the molecule is CCc1c(S(=O)(=O)c2ccc3c(c2CC)C=CC(=Cc2ccc4c(c2)C(C)(C)CCC4(C)C)C3)ccc2c1C=CC(=Cc1ccc3c(c1)C(C)(C)CCC3(C)C)C2. The average Bonchev–Trinajstić information content (AvgIpc) is 3.17. The number of sulfone groups is 1. The summed E-state index contributed by atoms with van der Waals surface area (Å²) in [7, 11) is -3.77. The van der Waals surface area contributed by atoms with Crippen molar-refractivity contribution in [1.29, 1.82) is 0 Å². The van der Waals surface area contributed by atoms with Gasteiger partial charge in [-0.15, -0.1) is 0 Å². The molecule has 2 nitrogen and oxygen atoms in total. The summed E-state index contributed by atoms with van der Waals surface area (Å²) >= 11 is 0. The van der Waals surface area contributed by atoms with Crippen molar-refractivity contribution in [3.63, 3.8) is 0 Å². The topological polar surface area (TPSA) is 34.1 Å². The van der Waals surface area contributed by atoms with Crippen molar-refractivity contribution in [2.24, 2.45) is 0 Å². The zero-order chi connectivity index (χ0) is 40.7. The number of allylic oxidation sites excluding steroid dienone is 4. The minimum absolute atomic E-state index is 0.163. The van der Waals surface area contributed by atoms with Gasteiger partial charge in [-0.25, -0.2) is 8.42 Å². The predicted molar refractivity (Wildman–Crippen MR) is 242 cm³/mol. The summed E-state index contributed by atoms with van der Waals surface area (Å²) < 4.78 is 29.5. The number of fused-ring (bicyclic) bond motifs is 4. The monoisotopic (exact) mass is 774 g/mol. The van der Waals surface area contributed by atoms with E-state index >= 15 is 0 Å². The molecule has 0 saturated heterocycles. The molecule has 0 radical (unpaired) electrons. The Hall–Kier alpha value is -4.21. The van der Waals surface area contributed by atoms with Crippen molar-refractivity contribution in [3.05, 3.63) is 151 Å². The predicted octanol–water partition coefficient (Wildman–Crippen LogP) is 13.6. The van der Waals surface area contributed by atoms with E-state index in [0.717, 1.165) is 35.1 Å². The molecular formula is C54H62O2S. The fraction of sp³-hybridized carbons (Fsp3) is 0.407. The minimum Gasteiger partial charge on any atom is -0.218 e. The second-order valence-electron chi connectivity index (χ2n) is 20.0. The van der Waals surface area contributed by atoms with Crippen molar-refractivity contribution < 1.29 is 8.42 Å². The van der Waals surface area contributed by atoms with E-state index in [1.54, 1.807) is 0 Å². The van der Waals surface area contributed by atoms with Crippen molar-refractivity contribution >= 4 is 34.1 Å². The van der Waals surface area contributed by atoms with Crippen LogP contribution in [-0.4, -0.2) is 8.42 Å². The fourth-order valence-electron chi connectivity index (χ4n) is 10.4. The van der Waals surface area contributed by atoms with Gasteiger partial charge in [0.1, 0.15) is 0 Å². The van der Waals surface area contributed by atoms with Crippen LogP contribution in [0.1, 0.15) is 162 Å². The van der Waals surface area contributed by atoms with Crippen LogP contribution in [-0.2, 0) is 57.2 Å². The molecule has 0 saturated carbocycles. The molecule has 0 spiro atoms. The molecule has 4 aliphatic carbocycles. The molecule has 0 aromatic heterocycles. The van der Waals surface area contributed by atoms with Crippen molar-refractivity contribution in [2.75, 3.05) is 0 Å². The standard InChI is InChI=1S/C54H62O2S/c1-11-41-43-19-13-35(29-37-15-21-45-47(33-37)53(7,8)27-25-51(45,3)4)31-39(43)17-23-49(41)57(55,56)50-24-18-40-32-36(14-20-44(40)42(50)12-2)30-38-16-22-46-48(34-38)54(9,10)28-26-52(46,5)6/h13-24,29-30,33-34H,11-12,25-28,31-32H2,1-10H3. The van der Waals surface area contributed by atoms with E-state index in [2.05, 4.69) is 154 Å². The number of hydrogen-bond acceptors (Lipinski definition) is 2. The Morgan fingerprint density at radius 1 is 0.491 bits per heavy atom. The maximum absolute atomic E-state index is 14.7. The summed E-state index contributed by atoms with van der Waals surface area (Å²) in [5.74, 6) is 0. The lowest BCUT2D eigenvalue weighted by Gasteiger charge is -2.42. The molecule has 0 bridgehead atoms. The van der Waals surface area contributed by atoms with Crippen LogP contribution in [0.5, 0.6) is 0 Å². The Kier molecular flexibility index (Phi) is 9.71. The highest BCUT2D eigenvalue weighted by molar-refractivity contribution is 7.91. The second-order valence-corrected chi connectivity index (χ2v) is 21.9. The Morgan fingerprint density at radius 2 is 0.860 bits per heavy atom. The van der Waals surface area contributed by atoms with Gasteiger partial charge < -0.3 is 0 Å². The van der Waals surface area contributed by atoms with Crippen LogP contribution in [0.3, 0.4) is 0 Å². The smallest absolute Gasteiger partial charge is 0.207 e. The molecule has 0 amide bonds. The molecular weight excluding hydrogens is 713 g/mol. The van der Waals surface area contributed by atoms with E-state index in [1.807, 2.05) is 12.1 Å². The highest BCUT2D eigenvalue weighted by Gasteiger charge is 2.38. The second kappa shape index (κ2) is 14.0. The van der Waals surface area contributed by atoms with Gasteiger partial charge in [0, 0.05) is 0 Å². The lowest BCUT2D eigenvalue weighted by molar-refractivity contribution is 0.332. The molecule has 0 fully saturated rings. The molecule has 0 N–H and O–H groups in total. The van der Waals surface area contributed by atoms with Crippen LogP contribution >= 0.6 is 0 Å². The van der Waals surface area contributed by atoms with Gasteiger partial charge >= 0.3 is 0 Å². The van der Waals surface area contributed by atoms with Gasteiger partial charge in [-0.2, -0.15) is 0 Å². The molecule has 8 rings (SSSR count). The van der Waals surface area contributed by atoms with Crippen LogP contribution in [0.15, 0.2) is 93.8 Å². The summed E-state index contributed by atoms with van der Waals surface area (Å²) in [6, 6.07) is 21.9. The molecule has 57 heavy (non-hydrogen) atoms. The molecule has 0 aliphatic heterocycles. The first-order valence-corrected chi connectivity index (χ1v) is 22.9. The quantitative estimate of drug-likeness (QED) is 0.195. The van der Waals surface area contributed by atoms with Gasteiger partial charge in [0.15, 0.2) is 0 Å². The van der Waals surface area contributed by atoms with Crippen LogP contribution in [0.4, 0.5) is 0 Å². The van der Waals surface area contributed by atoms with Crippen LogP contribution < -0.4 is 0 Å². The third-order valence-corrected chi connectivity index (χ3v) is 16.2. The zero-order valence-corrected chi connectivity index (χ0v) is 36.9. The normalized spacial score (nSPS) is 21.2. The lowest BCUT2D eigenvalue weighted by Crippen LogP contribution is -2.33. The van der Waals surface area contributed by atoms with Gasteiger partial charge in [0.25, 0.3) is 0 Å². The van der Waals surface area contributed by atoms with E-state index in [9.17, 15) is 8.42 Å². The summed E-state index contributed by atoms with van der Waals surface area (Å²) in [5.41, 5.74) is 17.9. The van der Waals surface area contributed by atoms with Crippen molar-refractivity contribution in [1.82, 2.24) is 0 Å². The fourth-order valence-corrected chi connectivity index (χ4v) is 12.3. The molecule has 4 aromatic rings. The zero-order valence-electron chi connectivity index (χ0n) is 36.1. The Balaban J connectivity index is 1.08. The average molecular weight is 775 g/mol. The molecule has 0 unspecified atom stereocenters. The Labute approximate surface area is 343 Å². The van der Waals surface area contributed by atoms with Crippen LogP contribution in [0.25, 0.3) is 24.3 Å². The molecule has 4 aliphatic rings. The summed E-state index contributed by atoms with van der Waals surface area (Å²) in [6.07, 6.45) is 21.0. The molecule has 4 aromatic carbocycles. The molecule has 0 heterocycles. The molecule has 0 atom stereocenters. The van der Waals surface area contributed by atoms with Gasteiger partial charge in [-0.1, -0.05) is 154 Å². The summed E-state index contributed by atoms with van der Waals surface area (Å²) in [5, 5.41) is 0. The Bertz CT molecular complexity index is 2370. The molecule has 296 valence electrons. The van der Waals surface area contributed by atoms with Gasteiger partial charge in [-0.3, -0.25) is 0 Å². The van der Waals surface area contributed by atoms with Gasteiger partial charge in [-0.05, 0) is 163 Å².